The summed E-state index contributed by atoms with van der Waals surface area (Å²) in [7, 11) is 0. The molecule has 1 saturated heterocycles. The first-order valence-corrected chi connectivity index (χ1v) is 8.49. The second-order valence-electron chi connectivity index (χ2n) is 6.54. The van der Waals surface area contributed by atoms with E-state index in [2.05, 4.69) is 41.1 Å². The van der Waals surface area contributed by atoms with Crippen LogP contribution in [0.25, 0.3) is 10.8 Å². The molecule has 0 radical (unpaired) electrons. The molecule has 1 aliphatic heterocycles. The molecule has 0 amide bonds. The standard InChI is InChI=1S/C20H19N3O2/c1-14-4-6-15(7-5-14)18-3-2-12-22(18)19-8-9-20(23(24)25)17-13-21-11-10-16(17)19/h4-11,13,18H,2-3,12H2,1H3. The van der Waals surface area contributed by atoms with Crippen molar-refractivity contribution in [3.8, 4) is 0 Å². The van der Waals surface area contributed by atoms with Gasteiger partial charge in [0.05, 0.1) is 16.4 Å². The maximum Gasteiger partial charge on any atom is 0.278 e. The third-order valence-corrected chi connectivity index (χ3v) is 4.99. The van der Waals surface area contributed by atoms with Gasteiger partial charge in [-0.2, -0.15) is 0 Å². The smallest absolute Gasteiger partial charge is 0.278 e. The Morgan fingerprint density at radius 2 is 1.92 bits per heavy atom. The van der Waals surface area contributed by atoms with Gasteiger partial charge in [-0.1, -0.05) is 29.8 Å². The highest BCUT2D eigenvalue weighted by atomic mass is 16.6. The molecule has 5 heteroatoms. The number of nitro groups is 1. The van der Waals surface area contributed by atoms with Crippen LogP contribution in [0.4, 0.5) is 11.4 Å². The molecule has 0 spiro atoms. The monoisotopic (exact) mass is 333 g/mol. The Kier molecular flexibility index (Phi) is 3.84. The van der Waals surface area contributed by atoms with Crippen molar-refractivity contribution in [2.24, 2.45) is 0 Å². The van der Waals surface area contributed by atoms with Gasteiger partial charge in [0.2, 0.25) is 0 Å². The third-order valence-electron chi connectivity index (χ3n) is 4.99. The molecule has 2 aromatic carbocycles. The Hall–Kier alpha value is -2.95. The van der Waals surface area contributed by atoms with Gasteiger partial charge in [0, 0.05) is 36.1 Å². The summed E-state index contributed by atoms with van der Waals surface area (Å²) in [6, 6.07) is 14.3. The van der Waals surface area contributed by atoms with E-state index in [1.807, 2.05) is 12.1 Å². The van der Waals surface area contributed by atoms with Crippen LogP contribution in [0.5, 0.6) is 0 Å². The molecule has 2 heterocycles. The molecule has 1 aromatic heterocycles. The first-order valence-electron chi connectivity index (χ1n) is 8.49. The maximum atomic E-state index is 11.3. The topological polar surface area (TPSA) is 59.3 Å². The van der Waals surface area contributed by atoms with Crippen LogP contribution in [-0.2, 0) is 0 Å². The second kappa shape index (κ2) is 6.16. The van der Waals surface area contributed by atoms with Crippen molar-refractivity contribution < 1.29 is 4.92 Å². The van der Waals surface area contributed by atoms with Crippen LogP contribution >= 0.6 is 0 Å². The summed E-state index contributed by atoms with van der Waals surface area (Å²) < 4.78 is 0. The third kappa shape index (κ3) is 2.71. The minimum Gasteiger partial charge on any atom is -0.364 e. The van der Waals surface area contributed by atoms with Crippen molar-refractivity contribution in [1.29, 1.82) is 0 Å². The minimum atomic E-state index is -0.338. The number of aromatic nitrogens is 1. The molecule has 0 N–H and O–H groups in total. The van der Waals surface area contributed by atoms with Crippen LogP contribution < -0.4 is 4.90 Å². The van der Waals surface area contributed by atoms with Crippen molar-refractivity contribution in [2.45, 2.75) is 25.8 Å². The summed E-state index contributed by atoms with van der Waals surface area (Å²) in [4.78, 5) is 17.5. The van der Waals surface area contributed by atoms with Gasteiger partial charge in [0.15, 0.2) is 0 Å². The summed E-state index contributed by atoms with van der Waals surface area (Å²) in [6.07, 6.45) is 5.50. The van der Waals surface area contributed by atoms with Gasteiger partial charge >= 0.3 is 0 Å². The van der Waals surface area contributed by atoms with Crippen LogP contribution in [0.1, 0.15) is 30.0 Å². The Balaban J connectivity index is 1.82. The van der Waals surface area contributed by atoms with Crippen LogP contribution in [0.2, 0.25) is 0 Å². The average molecular weight is 333 g/mol. The lowest BCUT2D eigenvalue weighted by molar-refractivity contribution is -0.383. The van der Waals surface area contributed by atoms with Crippen molar-refractivity contribution in [2.75, 3.05) is 11.4 Å². The van der Waals surface area contributed by atoms with Gasteiger partial charge < -0.3 is 4.90 Å². The lowest BCUT2D eigenvalue weighted by Crippen LogP contribution is -2.22. The van der Waals surface area contributed by atoms with E-state index < -0.39 is 0 Å². The quantitative estimate of drug-likeness (QED) is 0.510. The highest BCUT2D eigenvalue weighted by Crippen LogP contribution is 2.41. The Bertz CT molecular complexity index is 937. The van der Waals surface area contributed by atoms with Gasteiger partial charge in [0.1, 0.15) is 0 Å². The van der Waals surface area contributed by atoms with Crippen LogP contribution in [0.3, 0.4) is 0 Å². The molecular formula is C20H19N3O2. The fourth-order valence-electron chi connectivity index (χ4n) is 3.76. The van der Waals surface area contributed by atoms with E-state index in [1.54, 1.807) is 18.5 Å². The summed E-state index contributed by atoms with van der Waals surface area (Å²) in [5.74, 6) is 0. The number of pyridine rings is 1. The SMILES string of the molecule is Cc1ccc(C2CCCN2c2ccc([N+](=O)[O-])c3cnccc23)cc1. The molecule has 1 unspecified atom stereocenters. The Morgan fingerprint density at radius 3 is 2.68 bits per heavy atom. The number of hydrogen-bond acceptors (Lipinski definition) is 4. The molecule has 25 heavy (non-hydrogen) atoms. The molecule has 0 saturated carbocycles. The van der Waals surface area contributed by atoms with Gasteiger partial charge in [-0.3, -0.25) is 15.1 Å². The molecule has 1 fully saturated rings. The molecule has 0 aliphatic carbocycles. The van der Waals surface area contributed by atoms with E-state index in [4.69, 9.17) is 0 Å². The molecule has 5 nitrogen and oxygen atoms in total. The van der Waals surface area contributed by atoms with Crippen LogP contribution in [-0.4, -0.2) is 16.5 Å². The van der Waals surface area contributed by atoms with Gasteiger partial charge in [-0.05, 0) is 37.5 Å². The number of anilines is 1. The fraction of sp³-hybridized carbons (Fsp3) is 0.250. The average Bonchev–Trinajstić information content (AvgIpc) is 3.10. The van der Waals surface area contributed by atoms with E-state index in [0.29, 0.717) is 11.4 Å². The van der Waals surface area contributed by atoms with E-state index in [0.717, 1.165) is 30.5 Å². The number of non-ortho nitro benzene ring substituents is 1. The highest BCUT2D eigenvalue weighted by molar-refractivity contribution is 5.99. The summed E-state index contributed by atoms with van der Waals surface area (Å²) >= 11 is 0. The van der Waals surface area contributed by atoms with E-state index >= 15 is 0 Å². The lowest BCUT2D eigenvalue weighted by atomic mass is 10.0. The largest absolute Gasteiger partial charge is 0.364 e. The molecule has 4 rings (SSSR count). The molecule has 3 aromatic rings. The number of rotatable bonds is 3. The zero-order valence-electron chi connectivity index (χ0n) is 14.1. The zero-order chi connectivity index (χ0) is 17.4. The number of benzene rings is 2. The van der Waals surface area contributed by atoms with Crippen molar-refractivity contribution >= 4 is 22.1 Å². The molecule has 0 bridgehead atoms. The molecular weight excluding hydrogens is 314 g/mol. The first-order chi connectivity index (χ1) is 12.1. The number of nitro benzene ring substituents is 1. The summed E-state index contributed by atoms with van der Waals surface area (Å²) in [5, 5.41) is 12.8. The van der Waals surface area contributed by atoms with Crippen LogP contribution in [0.15, 0.2) is 54.9 Å². The Labute approximate surface area is 146 Å². The maximum absolute atomic E-state index is 11.3. The van der Waals surface area contributed by atoms with Gasteiger partial charge in [-0.25, -0.2) is 0 Å². The van der Waals surface area contributed by atoms with E-state index in [1.165, 1.54) is 11.1 Å². The number of fused-ring (bicyclic) bond motifs is 1. The van der Waals surface area contributed by atoms with Crippen molar-refractivity contribution in [3.05, 3.63) is 76.1 Å². The summed E-state index contributed by atoms with van der Waals surface area (Å²) in [5.41, 5.74) is 3.70. The zero-order valence-corrected chi connectivity index (χ0v) is 14.1. The Morgan fingerprint density at radius 1 is 1.12 bits per heavy atom. The molecule has 1 aliphatic rings. The van der Waals surface area contributed by atoms with Crippen molar-refractivity contribution in [3.63, 3.8) is 0 Å². The predicted octanol–water partition coefficient (Wildman–Crippen LogP) is 4.79. The number of hydrogen-bond donors (Lipinski definition) is 0. The number of aryl methyl sites for hydroxylation is 1. The van der Waals surface area contributed by atoms with Crippen molar-refractivity contribution in [1.82, 2.24) is 4.98 Å². The predicted molar refractivity (Wildman–Crippen MR) is 98.9 cm³/mol. The summed E-state index contributed by atoms with van der Waals surface area (Å²) in [6.45, 7) is 3.04. The lowest BCUT2D eigenvalue weighted by Gasteiger charge is -2.28. The van der Waals surface area contributed by atoms with Gasteiger partial charge in [0.25, 0.3) is 5.69 Å². The normalized spacial score (nSPS) is 17.2. The van der Waals surface area contributed by atoms with E-state index in [9.17, 15) is 10.1 Å². The fourth-order valence-corrected chi connectivity index (χ4v) is 3.76. The van der Waals surface area contributed by atoms with Gasteiger partial charge in [-0.15, -0.1) is 0 Å². The minimum absolute atomic E-state index is 0.109. The first kappa shape index (κ1) is 15.6. The highest BCUT2D eigenvalue weighted by Gasteiger charge is 2.28. The molecule has 1 atom stereocenters. The molecule has 126 valence electrons. The second-order valence-corrected chi connectivity index (χ2v) is 6.54. The number of nitrogens with zero attached hydrogens (tertiary/aromatic N) is 3. The van der Waals surface area contributed by atoms with Crippen LogP contribution in [0, 0.1) is 17.0 Å². The van der Waals surface area contributed by atoms with E-state index in [-0.39, 0.29) is 10.6 Å².